The number of fused-ring (bicyclic) bond motifs is 3. The van der Waals surface area contributed by atoms with E-state index in [0.29, 0.717) is 11.1 Å². The van der Waals surface area contributed by atoms with Crippen molar-refractivity contribution in [3.8, 4) is 55.8 Å². The van der Waals surface area contributed by atoms with Crippen LogP contribution in [0.15, 0.2) is 186 Å². The van der Waals surface area contributed by atoms with Crippen molar-refractivity contribution in [2.24, 2.45) is 0 Å². The third-order valence-electron chi connectivity index (χ3n) is 8.15. The molecule has 0 saturated carbocycles. The molecule has 1 heteroatoms. The predicted molar refractivity (Wildman–Crippen MR) is 198 cm³/mol. The smallest absolute Gasteiger partial charge is 0.143 e. The van der Waals surface area contributed by atoms with Crippen LogP contribution in [-0.2, 0) is 0 Å². The molecule has 0 aliphatic rings. The first kappa shape index (κ1) is 14.9. The lowest BCUT2D eigenvalue weighted by Crippen LogP contribution is -1.92. The summed E-state index contributed by atoms with van der Waals surface area (Å²) in [4.78, 5) is 0. The summed E-state index contributed by atoms with van der Waals surface area (Å²) < 4.78 is 160. The van der Waals surface area contributed by atoms with E-state index in [1.165, 1.54) is 0 Å². The second-order valence-corrected chi connectivity index (χ2v) is 10.7. The Morgan fingerprint density at radius 1 is 0.362 bits per heavy atom. The zero-order valence-electron chi connectivity index (χ0n) is 41.4. The Balaban J connectivity index is 1.63. The molecule has 0 bridgehead atoms. The van der Waals surface area contributed by atoms with E-state index in [9.17, 15) is 8.22 Å². The van der Waals surface area contributed by atoms with Gasteiger partial charge in [0.1, 0.15) is 11.3 Å². The summed E-state index contributed by atoms with van der Waals surface area (Å²) >= 11 is 0. The van der Waals surface area contributed by atoms with Gasteiger partial charge in [-0.2, -0.15) is 0 Å². The largest absolute Gasteiger partial charge is 0.455 e. The van der Waals surface area contributed by atoms with Crippen LogP contribution in [-0.4, -0.2) is 0 Å². The Kier molecular flexibility index (Phi) is 3.60. The molecule has 9 rings (SSSR count). The Bertz CT molecular complexity index is 3400. The molecule has 0 aliphatic heterocycles. The van der Waals surface area contributed by atoms with Crippen LogP contribution in [0.2, 0.25) is 0 Å². The highest BCUT2D eigenvalue weighted by atomic mass is 16.3. The molecular weight excluding hydrogens is 569 g/mol. The average Bonchev–Trinajstić information content (AvgIpc) is 3.68. The monoisotopic (exact) mass is 615 g/mol. The summed E-state index contributed by atoms with van der Waals surface area (Å²) in [5, 5.41) is -1.39. The van der Waals surface area contributed by atoms with Crippen molar-refractivity contribution in [1.29, 1.82) is 0 Å². The minimum Gasteiger partial charge on any atom is -0.455 e. The van der Waals surface area contributed by atoms with Crippen molar-refractivity contribution in [3.05, 3.63) is 182 Å². The molecule has 1 nitrogen and oxygen atoms in total. The molecule has 1 heterocycles. The molecule has 0 saturated heterocycles. The van der Waals surface area contributed by atoms with Gasteiger partial charge in [-0.25, -0.2) is 0 Å². The molecule has 0 spiro atoms. The highest BCUT2D eigenvalue weighted by molar-refractivity contribution is 6.25. The molecule has 220 valence electrons. The van der Waals surface area contributed by atoms with E-state index >= 15 is 0 Å². The lowest BCUT2D eigenvalue weighted by atomic mass is 9.84. The molecular formula is C46H30O. The summed E-state index contributed by atoms with van der Waals surface area (Å²) in [6, 6.07) is 10.5. The standard InChI is InChI=1S/C46H30O/c1-4-16-31(17-5-1)34-28-29-41-42(30-34)47-46(40-27-15-10-22-35(40)32-18-6-2-7-19-32)45(41)44-38-25-13-11-23-36(38)43(33-20-8-3-9-21-33)37-24-12-14-26-39(37)44/h1-30H/i3D,8D,9D,10D,11D,12D,13D,14D,15D,20D,21D,22D,23D,24D,25D,26D,27D. The minimum atomic E-state index is -0.799. The van der Waals surface area contributed by atoms with Gasteiger partial charge in [0.05, 0.1) is 23.3 Å². The molecule has 8 aromatic carbocycles. The molecule has 47 heavy (non-hydrogen) atoms. The highest BCUT2D eigenvalue weighted by Gasteiger charge is 2.25. The van der Waals surface area contributed by atoms with E-state index in [2.05, 4.69) is 0 Å². The van der Waals surface area contributed by atoms with E-state index in [-0.39, 0.29) is 49.8 Å². The Morgan fingerprint density at radius 2 is 0.894 bits per heavy atom. The van der Waals surface area contributed by atoms with Crippen molar-refractivity contribution in [2.45, 2.75) is 0 Å². The van der Waals surface area contributed by atoms with E-state index in [4.69, 9.17) is 19.5 Å². The first-order chi connectivity index (χ1) is 30.4. The van der Waals surface area contributed by atoms with E-state index < -0.39 is 125 Å². The van der Waals surface area contributed by atoms with Gasteiger partial charge in [-0.1, -0.05) is 169 Å². The number of hydrogen-bond donors (Lipinski definition) is 0. The Morgan fingerprint density at radius 3 is 1.53 bits per heavy atom. The predicted octanol–water partition coefficient (Wildman–Crippen LogP) is 13.1. The van der Waals surface area contributed by atoms with Crippen LogP contribution >= 0.6 is 0 Å². The lowest BCUT2D eigenvalue weighted by molar-refractivity contribution is 0.633. The molecule has 0 aliphatic carbocycles. The fourth-order valence-corrected chi connectivity index (χ4v) is 6.14. The topological polar surface area (TPSA) is 13.1 Å². The molecule has 1 aromatic heterocycles. The number of furan rings is 1. The molecule has 0 N–H and O–H groups in total. The van der Waals surface area contributed by atoms with E-state index in [0.717, 1.165) is 5.56 Å². The van der Waals surface area contributed by atoms with Crippen molar-refractivity contribution in [3.63, 3.8) is 0 Å². The van der Waals surface area contributed by atoms with Crippen molar-refractivity contribution in [1.82, 2.24) is 0 Å². The van der Waals surface area contributed by atoms with Gasteiger partial charge in [0, 0.05) is 22.1 Å². The second kappa shape index (κ2) is 11.3. The number of hydrogen-bond acceptors (Lipinski definition) is 1. The van der Waals surface area contributed by atoms with Crippen LogP contribution in [0.4, 0.5) is 0 Å². The van der Waals surface area contributed by atoms with Gasteiger partial charge in [0.15, 0.2) is 0 Å². The van der Waals surface area contributed by atoms with Crippen molar-refractivity contribution >= 4 is 32.5 Å². The van der Waals surface area contributed by atoms with Gasteiger partial charge in [0.2, 0.25) is 0 Å². The maximum Gasteiger partial charge on any atom is 0.143 e. The Hall–Kier alpha value is -6.18. The fraction of sp³-hybridized carbons (Fsp3) is 0. The van der Waals surface area contributed by atoms with Crippen LogP contribution < -0.4 is 0 Å². The van der Waals surface area contributed by atoms with Crippen LogP contribution in [0.1, 0.15) is 23.3 Å². The third-order valence-corrected chi connectivity index (χ3v) is 8.15. The molecule has 9 aromatic rings. The summed E-state index contributed by atoms with van der Waals surface area (Å²) in [5.41, 5.74) is 0.429. The van der Waals surface area contributed by atoms with Gasteiger partial charge in [0.25, 0.3) is 0 Å². The Labute approximate surface area is 297 Å². The second-order valence-electron chi connectivity index (χ2n) is 10.7. The minimum absolute atomic E-state index is 0.00311. The van der Waals surface area contributed by atoms with Crippen LogP contribution in [0.3, 0.4) is 0 Å². The zero-order valence-corrected chi connectivity index (χ0v) is 24.4. The van der Waals surface area contributed by atoms with Gasteiger partial charge in [-0.3, -0.25) is 0 Å². The SMILES string of the molecule is [2H]c1c([2H])c([2H])c(-c2c3c([2H])c([2H])c([2H])c([2H])c3c(-c3c(-c4c([2H])c([2H])c([2H])c([2H])c4-c4ccccc4)oc4cc(-c5ccccc5)ccc34)c3c([2H])c([2H])c([2H])c([2H])c23)c([2H])c1[2H]. The van der Waals surface area contributed by atoms with Crippen LogP contribution in [0, 0.1) is 0 Å². The van der Waals surface area contributed by atoms with E-state index in [1.54, 1.807) is 48.5 Å². The quantitative estimate of drug-likeness (QED) is 0.176. The summed E-state index contributed by atoms with van der Waals surface area (Å²) in [5.74, 6) is -0.232. The maximum absolute atomic E-state index is 9.56. The van der Waals surface area contributed by atoms with Gasteiger partial charge >= 0.3 is 0 Å². The summed E-state index contributed by atoms with van der Waals surface area (Å²) in [7, 11) is 0. The van der Waals surface area contributed by atoms with Crippen LogP contribution in [0.5, 0.6) is 0 Å². The van der Waals surface area contributed by atoms with Crippen molar-refractivity contribution < 1.29 is 27.7 Å². The summed E-state index contributed by atoms with van der Waals surface area (Å²) in [6.07, 6.45) is 0. The van der Waals surface area contributed by atoms with Crippen molar-refractivity contribution in [2.75, 3.05) is 0 Å². The zero-order chi connectivity index (χ0) is 46.0. The molecule has 0 unspecified atom stereocenters. The van der Waals surface area contributed by atoms with Gasteiger partial charge in [-0.05, 0) is 67.1 Å². The fourth-order valence-electron chi connectivity index (χ4n) is 6.14. The first-order valence-corrected chi connectivity index (χ1v) is 14.7. The molecule has 0 radical (unpaired) electrons. The molecule has 0 fully saturated rings. The molecule has 0 atom stereocenters. The lowest BCUT2D eigenvalue weighted by Gasteiger charge is -2.18. The van der Waals surface area contributed by atoms with Crippen LogP contribution in [0.25, 0.3) is 88.3 Å². The third kappa shape index (κ3) is 4.56. The number of benzene rings is 8. The van der Waals surface area contributed by atoms with E-state index in [1.807, 2.05) is 30.3 Å². The highest BCUT2D eigenvalue weighted by Crippen LogP contribution is 2.51. The normalized spacial score (nSPS) is 16.5. The first-order valence-electron chi connectivity index (χ1n) is 23.2. The number of rotatable bonds is 5. The summed E-state index contributed by atoms with van der Waals surface area (Å²) in [6.45, 7) is 0. The van der Waals surface area contributed by atoms with Gasteiger partial charge < -0.3 is 4.42 Å². The average molecular weight is 616 g/mol. The maximum atomic E-state index is 9.56. The molecule has 0 amide bonds. The van der Waals surface area contributed by atoms with Gasteiger partial charge in [-0.15, -0.1) is 0 Å².